The number of benzene rings is 1. The van der Waals surface area contributed by atoms with Crippen LogP contribution in [0.2, 0.25) is 5.02 Å². The van der Waals surface area contributed by atoms with Crippen LogP contribution in [0, 0.1) is 0 Å². The minimum absolute atomic E-state index is 0.0870. The third-order valence-corrected chi connectivity index (χ3v) is 5.05. The van der Waals surface area contributed by atoms with Crippen molar-refractivity contribution in [3.05, 3.63) is 57.2 Å². The molecule has 0 radical (unpaired) electrons. The molecule has 6 heteroatoms. The Bertz CT molecular complexity index is 624. The fourth-order valence-corrected chi connectivity index (χ4v) is 3.82. The molecule has 3 nitrogen and oxygen atoms in total. The van der Waals surface area contributed by atoms with Crippen LogP contribution in [0.5, 0.6) is 0 Å². The van der Waals surface area contributed by atoms with Gasteiger partial charge in [0.1, 0.15) is 0 Å². The third-order valence-electron chi connectivity index (χ3n) is 2.62. The van der Waals surface area contributed by atoms with E-state index in [2.05, 4.69) is 4.72 Å². The molecule has 0 saturated heterocycles. The molecule has 0 spiro atoms. The molecular weight excluding hydrogens is 302 g/mol. The minimum atomic E-state index is -3.34. The topological polar surface area (TPSA) is 46.2 Å². The second-order valence-electron chi connectivity index (χ2n) is 4.13. The Hall–Kier alpha value is -0.880. The van der Waals surface area contributed by atoms with Crippen LogP contribution in [-0.4, -0.2) is 15.0 Å². The second kappa shape index (κ2) is 6.52. The maximum Gasteiger partial charge on any atom is 0.215 e. The molecule has 0 saturated carbocycles. The Morgan fingerprint density at radius 3 is 2.68 bits per heavy atom. The monoisotopic (exact) mass is 315 g/mol. The molecule has 0 amide bonds. The van der Waals surface area contributed by atoms with Crippen molar-refractivity contribution in [2.24, 2.45) is 0 Å². The molecule has 102 valence electrons. The van der Waals surface area contributed by atoms with Crippen LogP contribution < -0.4 is 4.72 Å². The molecule has 19 heavy (non-hydrogen) atoms. The van der Waals surface area contributed by atoms with E-state index in [-0.39, 0.29) is 5.75 Å². The predicted molar refractivity (Wildman–Crippen MR) is 80.1 cm³/mol. The summed E-state index contributed by atoms with van der Waals surface area (Å²) in [7, 11) is -3.34. The van der Waals surface area contributed by atoms with Crippen LogP contribution in [0.1, 0.15) is 11.1 Å². The molecule has 0 bridgehead atoms. The van der Waals surface area contributed by atoms with E-state index in [9.17, 15) is 8.42 Å². The fraction of sp³-hybridized carbons (Fsp3) is 0.231. The summed E-state index contributed by atoms with van der Waals surface area (Å²) in [5, 5.41) is 4.47. The van der Waals surface area contributed by atoms with E-state index >= 15 is 0 Å². The summed E-state index contributed by atoms with van der Waals surface area (Å²) in [6, 6.07) is 8.97. The minimum Gasteiger partial charge on any atom is -0.215 e. The Balaban J connectivity index is 1.90. The van der Waals surface area contributed by atoms with Crippen LogP contribution in [0.3, 0.4) is 0 Å². The number of hydrogen-bond acceptors (Lipinski definition) is 3. The Morgan fingerprint density at radius 1 is 1.21 bits per heavy atom. The number of thiophene rings is 1. The summed E-state index contributed by atoms with van der Waals surface area (Å²) < 4.78 is 26.4. The average molecular weight is 316 g/mol. The second-order valence-corrected chi connectivity index (χ2v) is 7.12. The van der Waals surface area contributed by atoms with Crippen molar-refractivity contribution in [1.82, 2.24) is 4.72 Å². The number of sulfonamides is 1. The van der Waals surface area contributed by atoms with Gasteiger partial charge in [0, 0.05) is 11.6 Å². The van der Waals surface area contributed by atoms with Crippen LogP contribution in [0.15, 0.2) is 41.1 Å². The molecular formula is C13H14ClNO2S2. The molecule has 0 aliphatic carbocycles. The number of halogens is 1. The van der Waals surface area contributed by atoms with Crippen LogP contribution in [0.4, 0.5) is 0 Å². The molecule has 1 aromatic heterocycles. The summed E-state index contributed by atoms with van der Waals surface area (Å²) in [6.07, 6.45) is 0.700. The van der Waals surface area contributed by atoms with E-state index in [1.165, 1.54) is 0 Å². The highest BCUT2D eigenvalue weighted by molar-refractivity contribution is 7.88. The maximum absolute atomic E-state index is 11.9. The molecule has 1 heterocycles. The first-order valence-electron chi connectivity index (χ1n) is 5.79. The predicted octanol–water partition coefficient (Wildman–Crippen LogP) is 3.06. The van der Waals surface area contributed by atoms with Gasteiger partial charge in [0.2, 0.25) is 10.0 Å². The molecule has 2 aromatic rings. The lowest BCUT2D eigenvalue weighted by molar-refractivity contribution is 0.581. The molecule has 0 atom stereocenters. The van der Waals surface area contributed by atoms with Crippen molar-refractivity contribution in [3.8, 4) is 0 Å². The van der Waals surface area contributed by atoms with E-state index in [1.807, 2.05) is 16.8 Å². The zero-order valence-corrected chi connectivity index (χ0v) is 12.6. The zero-order valence-electron chi connectivity index (χ0n) is 10.2. The van der Waals surface area contributed by atoms with Gasteiger partial charge in [-0.3, -0.25) is 0 Å². The first-order chi connectivity index (χ1) is 9.07. The Morgan fingerprint density at radius 2 is 2.00 bits per heavy atom. The lowest BCUT2D eigenvalue weighted by Gasteiger charge is -2.07. The van der Waals surface area contributed by atoms with E-state index in [0.29, 0.717) is 23.6 Å². The van der Waals surface area contributed by atoms with Gasteiger partial charge < -0.3 is 0 Å². The standard InChI is InChI=1S/C13H14ClNO2S2/c14-13-4-2-1-3-12(13)10-19(16,17)15-7-5-11-6-8-18-9-11/h1-4,6,8-9,15H,5,7,10H2. The third kappa shape index (κ3) is 4.62. The fourth-order valence-electron chi connectivity index (χ4n) is 1.66. The quantitative estimate of drug-likeness (QED) is 0.890. The Labute approximate surface area is 122 Å². The van der Waals surface area contributed by atoms with Crippen LogP contribution >= 0.6 is 22.9 Å². The molecule has 0 fully saturated rings. The van der Waals surface area contributed by atoms with Crippen LogP contribution in [-0.2, 0) is 22.2 Å². The smallest absolute Gasteiger partial charge is 0.215 e. The van der Waals surface area contributed by atoms with Gasteiger partial charge in [-0.2, -0.15) is 11.3 Å². The van der Waals surface area contributed by atoms with Crippen molar-refractivity contribution in [1.29, 1.82) is 0 Å². The van der Waals surface area contributed by atoms with Gasteiger partial charge in [-0.05, 0) is 40.4 Å². The van der Waals surface area contributed by atoms with Gasteiger partial charge in [-0.15, -0.1) is 0 Å². The van der Waals surface area contributed by atoms with Crippen molar-refractivity contribution < 1.29 is 8.42 Å². The lowest BCUT2D eigenvalue weighted by Crippen LogP contribution is -2.27. The summed E-state index contributed by atoms with van der Waals surface area (Å²) in [5.41, 5.74) is 1.76. The molecule has 1 aromatic carbocycles. The van der Waals surface area contributed by atoms with E-state index < -0.39 is 10.0 Å². The number of nitrogens with one attached hydrogen (secondary N) is 1. The summed E-state index contributed by atoms with van der Waals surface area (Å²) in [5.74, 6) is -0.0870. The number of hydrogen-bond donors (Lipinski definition) is 1. The first kappa shape index (κ1) is 14.5. The summed E-state index contributed by atoms with van der Waals surface area (Å²) in [4.78, 5) is 0. The van der Waals surface area contributed by atoms with Crippen molar-refractivity contribution in [2.45, 2.75) is 12.2 Å². The Kier molecular flexibility index (Phi) is 4.99. The van der Waals surface area contributed by atoms with E-state index in [0.717, 1.165) is 5.56 Å². The first-order valence-corrected chi connectivity index (χ1v) is 8.76. The zero-order chi connectivity index (χ0) is 13.7. The summed E-state index contributed by atoms with van der Waals surface area (Å²) in [6.45, 7) is 0.406. The van der Waals surface area contributed by atoms with E-state index in [4.69, 9.17) is 11.6 Å². The van der Waals surface area contributed by atoms with Gasteiger partial charge in [0.05, 0.1) is 5.75 Å². The highest BCUT2D eigenvalue weighted by atomic mass is 35.5. The highest BCUT2D eigenvalue weighted by Gasteiger charge is 2.12. The number of rotatable bonds is 6. The van der Waals surface area contributed by atoms with Gasteiger partial charge in [0.25, 0.3) is 0 Å². The van der Waals surface area contributed by atoms with Gasteiger partial charge >= 0.3 is 0 Å². The maximum atomic E-state index is 11.9. The van der Waals surface area contributed by atoms with Gasteiger partial charge in [-0.1, -0.05) is 29.8 Å². The van der Waals surface area contributed by atoms with Crippen molar-refractivity contribution in [2.75, 3.05) is 6.54 Å². The van der Waals surface area contributed by atoms with Gasteiger partial charge in [0.15, 0.2) is 0 Å². The van der Waals surface area contributed by atoms with Gasteiger partial charge in [-0.25, -0.2) is 13.1 Å². The van der Waals surface area contributed by atoms with Crippen molar-refractivity contribution >= 4 is 33.0 Å². The van der Waals surface area contributed by atoms with E-state index in [1.54, 1.807) is 35.6 Å². The SMILES string of the molecule is O=S(=O)(Cc1ccccc1Cl)NCCc1ccsc1. The average Bonchev–Trinajstić information content (AvgIpc) is 2.85. The molecule has 0 unspecified atom stereocenters. The highest BCUT2D eigenvalue weighted by Crippen LogP contribution is 2.17. The molecule has 1 N–H and O–H groups in total. The lowest BCUT2D eigenvalue weighted by atomic mass is 10.2. The van der Waals surface area contributed by atoms with Crippen molar-refractivity contribution in [3.63, 3.8) is 0 Å². The largest absolute Gasteiger partial charge is 0.215 e. The van der Waals surface area contributed by atoms with Crippen LogP contribution in [0.25, 0.3) is 0 Å². The molecule has 2 rings (SSSR count). The molecule has 0 aliphatic heterocycles. The molecule has 0 aliphatic rings. The summed E-state index contributed by atoms with van der Waals surface area (Å²) >= 11 is 7.56. The normalized spacial score (nSPS) is 11.6.